The van der Waals surface area contributed by atoms with E-state index in [1.165, 1.54) is 34.6 Å². The Bertz CT molecular complexity index is 669. The third kappa shape index (κ3) is 2.68. The van der Waals surface area contributed by atoms with Crippen LogP contribution in [0.15, 0.2) is 48.5 Å². The van der Waals surface area contributed by atoms with Crippen LogP contribution in [-0.4, -0.2) is 17.2 Å². The second-order valence-corrected chi connectivity index (χ2v) is 5.65. The summed E-state index contributed by atoms with van der Waals surface area (Å²) >= 11 is 0. The molecular weight excluding hydrogens is 256 g/mol. The summed E-state index contributed by atoms with van der Waals surface area (Å²) in [6, 6.07) is 18.1. The number of nitrogens with zero attached hydrogens (tertiary/aromatic N) is 1. The van der Waals surface area contributed by atoms with E-state index in [2.05, 4.69) is 72.3 Å². The molecule has 2 aromatic carbocycles. The molecule has 0 spiro atoms. The standard InChI is InChI=1S/C19H24N2/c1-3-15(4-2)20-13-14-21-18-11-7-5-9-16(18)17-10-6-8-12-19(17)21/h5-12,15,20H,3-4,13-14H2,1-2H3. The molecule has 110 valence electrons. The van der Waals surface area contributed by atoms with E-state index in [4.69, 9.17) is 0 Å². The van der Waals surface area contributed by atoms with Gasteiger partial charge in [0.1, 0.15) is 0 Å². The van der Waals surface area contributed by atoms with Crippen LogP contribution < -0.4 is 5.32 Å². The second-order valence-electron chi connectivity index (χ2n) is 5.65. The lowest BCUT2D eigenvalue weighted by atomic mass is 10.2. The number of aromatic nitrogens is 1. The van der Waals surface area contributed by atoms with Crippen molar-refractivity contribution in [2.75, 3.05) is 6.54 Å². The van der Waals surface area contributed by atoms with Crippen LogP contribution in [0.3, 0.4) is 0 Å². The molecule has 2 heteroatoms. The molecule has 2 nitrogen and oxygen atoms in total. The molecule has 3 rings (SSSR count). The lowest BCUT2D eigenvalue weighted by Crippen LogP contribution is -2.30. The molecule has 0 aliphatic rings. The molecule has 0 saturated carbocycles. The molecule has 3 aromatic rings. The highest BCUT2D eigenvalue weighted by Gasteiger charge is 2.09. The molecule has 0 radical (unpaired) electrons. The predicted octanol–water partition coefficient (Wildman–Crippen LogP) is 4.57. The van der Waals surface area contributed by atoms with Gasteiger partial charge < -0.3 is 9.88 Å². The van der Waals surface area contributed by atoms with Crippen molar-refractivity contribution in [1.82, 2.24) is 9.88 Å². The minimum absolute atomic E-state index is 0.637. The number of nitrogens with one attached hydrogen (secondary N) is 1. The van der Waals surface area contributed by atoms with Crippen molar-refractivity contribution in [2.24, 2.45) is 0 Å². The number of hydrogen-bond acceptors (Lipinski definition) is 1. The maximum atomic E-state index is 3.67. The molecular formula is C19H24N2. The summed E-state index contributed by atoms with van der Waals surface area (Å²) < 4.78 is 2.44. The second kappa shape index (κ2) is 6.31. The van der Waals surface area contributed by atoms with Crippen molar-refractivity contribution in [3.63, 3.8) is 0 Å². The first kappa shape index (κ1) is 14.2. The summed E-state index contributed by atoms with van der Waals surface area (Å²) in [6.07, 6.45) is 2.40. The van der Waals surface area contributed by atoms with Crippen LogP contribution in [0.4, 0.5) is 0 Å². The van der Waals surface area contributed by atoms with E-state index in [1.54, 1.807) is 0 Å². The quantitative estimate of drug-likeness (QED) is 0.699. The first-order chi connectivity index (χ1) is 10.3. The van der Waals surface area contributed by atoms with Crippen LogP contribution in [0.1, 0.15) is 26.7 Å². The number of fused-ring (bicyclic) bond motifs is 3. The number of benzene rings is 2. The van der Waals surface area contributed by atoms with Gasteiger partial charge in [0.15, 0.2) is 0 Å². The first-order valence-corrected chi connectivity index (χ1v) is 8.04. The maximum Gasteiger partial charge on any atom is 0.0491 e. The highest BCUT2D eigenvalue weighted by atomic mass is 15.0. The average Bonchev–Trinajstić information content (AvgIpc) is 2.86. The van der Waals surface area contributed by atoms with Gasteiger partial charge in [0.2, 0.25) is 0 Å². The fourth-order valence-electron chi connectivity index (χ4n) is 3.20. The van der Waals surface area contributed by atoms with Crippen LogP contribution in [0.25, 0.3) is 21.8 Å². The molecule has 0 amide bonds. The van der Waals surface area contributed by atoms with Gasteiger partial charge in [0, 0.05) is 40.9 Å². The first-order valence-electron chi connectivity index (χ1n) is 8.04. The highest BCUT2D eigenvalue weighted by molar-refractivity contribution is 6.07. The Morgan fingerprint density at radius 3 is 1.90 bits per heavy atom. The van der Waals surface area contributed by atoms with Gasteiger partial charge >= 0.3 is 0 Å². The lowest BCUT2D eigenvalue weighted by molar-refractivity contribution is 0.471. The lowest BCUT2D eigenvalue weighted by Gasteiger charge is -2.15. The smallest absolute Gasteiger partial charge is 0.0491 e. The van der Waals surface area contributed by atoms with Crippen LogP contribution in [0.2, 0.25) is 0 Å². The van der Waals surface area contributed by atoms with Crippen molar-refractivity contribution in [3.05, 3.63) is 48.5 Å². The van der Waals surface area contributed by atoms with E-state index in [0.29, 0.717) is 6.04 Å². The van der Waals surface area contributed by atoms with Gasteiger partial charge in [-0.2, -0.15) is 0 Å². The summed E-state index contributed by atoms with van der Waals surface area (Å²) in [4.78, 5) is 0. The molecule has 0 unspecified atom stereocenters. The van der Waals surface area contributed by atoms with Gasteiger partial charge in [0.25, 0.3) is 0 Å². The largest absolute Gasteiger partial charge is 0.339 e. The Kier molecular flexibility index (Phi) is 4.26. The van der Waals surface area contributed by atoms with E-state index in [0.717, 1.165) is 13.1 Å². The Morgan fingerprint density at radius 2 is 1.38 bits per heavy atom. The maximum absolute atomic E-state index is 3.67. The Balaban J connectivity index is 1.93. The van der Waals surface area contributed by atoms with Gasteiger partial charge in [0.05, 0.1) is 0 Å². The van der Waals surface area contributed by atoms with Gasteiger partial charge in [-0.25, -0.2) is 0 Å². The monoisotopic (exact) mass is 280 g/mol. The topological polar surface area (TPSA) is 17.0 Å². The van der Waals surface area contributed by atoms with Gasteiger partial charge in [-0.15, -0.1) is 0 Å². The molecule has 0 aliphatic heterocycles. The molecule has 1 aromatic heterocycles. The zero-order valence-electron chi connectivity index (χ0n) is 13.0. The highest BCUT2D eigenvalue weighted by Crippen LogP contribution is 2.28. The third-order valence-electron chi connectivity index (χ3n) is 4.43. The molecule has 0 aliphatic carbocycles. The summed E-state index contributed by atoms with van der Waals surface area (Å²) in [5, 5.41) is 6.38. The van der Waals surface area contributed by atoms with E-state index in [-0.39, 0.29) is 0 Å². The predicted molar refractivity (Wildman–Crippen MR) is 91.8 cm³/mol. The van der Waals surface area contributed by atoms with Crippen molar-refractivity contribution in [1.29, 1.82) is 0 Å². The van der Waals surface area contributed by atoms with E-state index < -0.39 is 0 Å². The van der Waals surface area contributed by atoms with Crippen molar-refractivity contribution in [3.8, 4) is 0 Å². The summed E-state index contributed by atoms with van der Waals surface area (Å²) in [6.45, 7) is 6.54. The SMILES string of the molecule is CCC(CC)NCCn1c2ccccc2c2ccccc21. The molecule has 1 N–H and O–H groups in total. The Morgan fingerprint density at radius 1 is 0.857 bits per heavy atom. The normalized spacial score (nSPS) is 11.8. The van der Waals surface area contributed by atoms with Crippen molar-refractivity contribution < 1.29 is 0 Å². The van der Waals surface area contributed by atoms with Crippen LogP contribution >= 0.6 is 0 Å². The Hall–Kier alpha value is -1.80. The molecule has 0 fully saturated rings. The van der Waals surface area contributed by atoms with Gasteiger partial charge in [-0.1, -0.05) is 50.2 Å². The van der Waals surface area contributed by atoms with Crippen LogP contribution in [-0.2, 0) is 6.54 Å². The fourth-order valence-corrected chi connectivity index (χ4v) is 3.20. The van der Waals surface area contributed by atoms with E-state index in [1.807, 2.05) is 0 Å². The third-order valence-corrected chi connectivity index (χ3v) is 4.43. The van der Waals surface area contributed by atoms with Crippen molar-refractivity contribution >= 4 is 21.8 Å². The minimum Gasteiger partial charge on any atom is -0.339 e. The van der Waals surface area contributed by atoms with Gasteiger partial charge in [-0.05, 0) is 25.0 Å². The summed E-state index contributed by atoms with van der Waals surface area (Å²) in [5.41, 5.74) is 2.68. The number of hydrogen-bond donors (Lipinski definition) is 1. The van der Waals surface area contributed by atoms with Crippen molar-refractivity contribution in [2.45, 2.75) is 39.3 Å². The average molecular weight is 280 g/mol. The zero-order valence-corrected chi connectivity index (χ0v) is 13.0. The number of para-hydroxylation sites is 2. The van der Waals surface area contributed by atoms with Crippen LogP contribution in [0.5, 0.6) is 0 Å². The van der Waals surface area contributed by atoms with E-state index >= 15 is 0 Å². The molecule has 21 heavy (non-hydrogen) atoms. The molecule has 0 atom stereocenters. The Labute approximate surface area is 126 Å². The summed E-state index contributed by atoms with van der Waals surface area (Å²) in [7, 11) is 0. The van der Waals surface area contributed by atoms with Crippen LogP contribution in [0, 0.1) is 0 Å². The molecule has 0 saturated heterocycles. The molecule has 1 heterocycles. The minimum atomic E-state index is 0.637. The zero-order chi connectivity index (χ0) is 14.7. The summed E-state index contributed by atoms with van der Waals surface area (Å²) in [5.74, 6) is 0. The molecule has 0 bridgehead atoms. The fraction of sp³-hybridized carbons (Fsp3) is 0.368. The van der Waals surface area contributed by atoms with E-state index in [9.17, 15) is 0 Å². The number of rotatable bonds is 6. The van der Waals surface area contributed by atoms with Gasteiger partial charge in [-0.3, -0.25) is 0 Å².